The molecule has 1 unspecified atom stereocenters. The van der Waals surface area contributed by atoms with Gasteiger partial charge in [0.05, 0.1) is 12.3 Å². The molecule has 0 bridgehead atoms. The lowest BCUT2D eigenvalue weighted by Gasteiger charge is -2.46. The highest BCUT2D eigenvalue weighted by Gasteiger charge is 2.48. The summed E-state index contributed by atoms with van der Waals surface area (Å²) in [7, 11) is 0. The van der Waals surface area contributed by atoms with Crippen LogP contribution in [-0.2, 0) is 14.2 Å². The zero-order chi connectivity index (χ0) is 18.1. The smallest absolute Gasteiger partial charge is 0.184 e. The van der Waals surface area contributed by atoms with E-state index in [0.29, 0.717) is 5.69 Å². The molecule has 2 saturated heterocycles. The van der Waals surface area contributed by atoms with E-state index in [2.05, 4.69) is 5.32 Å². The van der Waals surface area contributed by atoms with Gasteiger partial charge >= 0.3 is 0 Å². The Morgan fingerprint density at radius 2 is 1.62 bits per heavy atom. The van der Waals surface area contributed by atoms with Crippen LogP contribution in [0.1, 0.15) is 11.9 Å². The van der Waals surface area contributed by atoms with Gasteiger partial charge in [-0.05, 0) is 12.1 Å². The van der Waals surface area contributed by atoms with Gasteiger partial charge in [0.1, 0.15) is 30.2 Å². The SMILES string of the molecule is Oc1ccccc1N[C@@H]1O[C@@H]2COC(c3ccccc3)O[C@H]2[C@H](O)[C@H]1O. The fraction of sp³-hybridized carbons (Fsp3) is 0.368. The molecule has 0 radical (unpaired) electrons. The highest BCUT2D eigenvalue weighted by Crippen LogP contribution is 2.35. The molecule has 7 nitrogen and oxygen atoms in total. The van der Waals surface area contributed by atoms with Crippen molar-refractivity contribution in [1.29, 1.82) is 0 Å². The van der Waals surface area contributed by atoms with Gasteiger partial charge in [-0.25, -0.2) is 0 Å². The largest absolute Gasteiger partial charge is 0.506 e. The Hall–Kier alpha value is -2.16. The summed E-state index contributed by atoms with van der Waals surface area (Å²) in [5.74, 6) is 0.0280. The molecule has 0 spiro atoms. The van der Waals surface area contributed by atoms with E-state index in [0.717, 1.165) is 5.56 Å². The minimum atomic E-state index is -1.23. The minimum absolute atomic E-state index is 0.0280. The van der Waals surface area contributed by atoms with Gasteiger partial charge in [-0.1, -0.05) is 42.5 Å². The number of anilines is 1. The van der Waals surface area contributed by atoms with Crippen molar-refractivity contribution in [3.63, 3.8) is 0 Å². The summed E-state index contributed by atoms with van der Waals surface area (Å²) in [5.41, 5.74) is 1.24. The molecule has 2 aliphatic heterocycles. The first-order chi connectivity index (χ1) is 12.6. The first-order valence-electron chi connectivity index (χ1n) is 8.51. The molecule has 7 heteroatoms. The number of nitrogens with one attached hydrogen (secondary N) is 1. The van der Waals surface area contributed by atoms with Crippen LogP contribution in [-0.4, -0.2) is 52.6 Å². The summed E-state index contributed by atoms with van der Waals surface area (Å²) in [5, 5.41) is 33.8. The molecule has 26 heavy (non-hydrogen) atoms. The summed E-state index contributed by atoms with van der Waals surface area (Å²) in [6.45, 7) is 0.215. The fourth-order valence-corrected chi connectivity index (χ4v) is 3.26. The number of benzene rings is 2. The molecule has 0 aromatic heterocycles. The molecule has 0 aliphatic carbocycles. The third kappa shape index (κ3) is 3.27. The van der Waals surface area contributed by atoms with Crippen LogP contribution >= 0.6 is 0 Å². The second kappa shape index (κ2) is 7.22. The maximum Gasteiger partial charge on any atom is 0.184 e. The number of para-hydroxylation sites is 2. The maximum absolute atomic E-state index is 10.5. The van der Waals surface area contributed by atoms with Crippen molar-refractivity contribution in [3.8, 4) is 5.75 Å². The van der Waals surface area contributed by atoms with Crippen LogP contribution < -0.4 is 5.32 Å². The molecule has 0 saturated carbocycles. The van der Waals surface area contributed by atoms with Crippen molar-refractivity contribution in [1.82, 2.24) is 0 Å². The van der Waals surface area contributed by atoms with Crippen LogP contribution in [0, 0.1) is 0 Å². The lowest BCUT2D eigenvalue weighted by Crippen LogP contribution is -2.63. The van der Waals surface area contributed by atoms with Gasteiger partial charge < -0.3 is 34.8 Å². The number of hydrogen-bond acceptors (Lipinski definition) is 7. The van der Waals surface area contributed by atoms with Gasteiger partial charge in [-0.2, -0.15) is 0 Å². The van der Waals surface area contributed by atoms with Gasteiger partial charge in [0.2, 0.25) is 0 Å². The molecule has 138 valence electrons. The Bertz CT molecular complexity index is 740. The number of fused-ring (bicyclic) bond motifs is 1. The van der Waals surface area contributed by atoms with Crippen molar-refractivity contribution >= 4 is 5.69 Å². The highest BCUT2D eigenvalue weighted by molar-refractivity contribution is 5.55. The lowest BCUT2D eigenvalue weighted by atomic mass is 9.97. The van der Waals surface area contributed by atoms with E-state index >= 15 is 0 Å². The highest BCUT2D eigenvalue weighted by atomic mass is 16.7. The quantitative estimate of drug-likeness (QED) is 0.614. The predicted molar refractivity (Wildman–Crippen MR) is 92.4 cm³/mol. The number of phenols is 1. The maximum atomic E-state index is 10.5. The summed E-state index contributed by atoms with van der Waals surface area (Å²) >= 11 is 0. The van der Waals surface area contributed by atoms with Gasteiger partial charge in [-0.3, -0.25) is 0 Å². The van der Waals surface area contributed by atoms with E-state index in [-0.39, 0.29) is 12.4 Å². The van der Waals surface area contributed by atoms with Crippen molar-refractivity contribution in [2.24, 2.45) is 0 Å². The Labute approximate surface area is 150 Å². The topological polar surface area (TPSA) is 100 Å². The zero-order valence-electron chi connectivity index (χ0n) is 13.9. The first-order valence-corrected chi connectivity index (χ1v) is 8.51. The number of aliphatic hydroxyl groups excluding tert-OH is 2. The summed E-state index contributed by atoms with van der Waals surface area (Å²) in [6.07, 6.45) is -5.17. The van der Waals surface area contributed by atoms with Crippen LogP contribution in [0.25, 0.3) is 0 Å². The van der Waals surface area contributed by atoms with Crippen LogP contribution in [0.2, 0.25) is 0 Å². The number of ether oxygens (including phenoxy) is 3. The van der Waals surface area contributed by atoms with Gasteiger partial charge in [0.15, 0.2) is 12.5 Å². The Kier molecular flexibility index (Phi) is 4.80. The van der Waals surface area contributed by atoms with E-state index in [1.54, 1.807) is 18.2 Å². The molecule has 2 fully saturated rings. The number of phenolic OH excluding ortho intramolecular Hbond substituents is 1. The van der Waals surface area contributed by atoms with Crippen molar-refractivity contribution in [2.75, 3.05) is 11.9 Å². The molecule has 0 amide bonds. The summed E-state index contributed by atoms with van der Waals surface area (Å²) < 4.78 is 17.4. The summed E-state index contributed by atoms with van der Waals surface area (Å²) in [4.78, 5) is 0. The predicted octanol–water partition coefficient (Wildman–Crippen LogP) is 1.36. The first kappa shape index (κ1) is 17.3. The Balaban J connectivity index is 1.47. The molecule has 4 N–H and O–H groups in total. The molecule has 6 atom stereocenters. The van der Waals surface area contributed by atoms with Crippen LogP contribution in [0.4, 0.5) is 5.69 Å². The van der Waals surface area contributed by atoms with Gasteiger partial charge in [0.25, 0.3) is 0 Å². The van der Waals surface area contributed by atoms with Gasteiger partial charge in [-0.15, -0.1) is 0 Å². The van der Waals surface area contributed by atoms with E-state index in [1.165, 1.54) is 6.07 Å². The normalized spacial score (nSPS) is 34.1. The number of rotatable bonds is 3. The molecule has 2 aromatic rings. The van der Waals surface area contributed by atoms with E-state index in [1.807, 2.05) is 30.3 Å². The lowest BCUT2D eigenvalue weighted by molar-refractivity contribution is -0.325. The fourth-order valence-electron chi connectivity index (χ4n) is 3.26. The molecule has 4 rings (SSSR count). The Morgan fingerprint density at radius 3 is 2.38 bits per heavy atom. The monoisotopic (exact) mass is 359 g/mol. The van der Waals surface area contributed by atoms with E-state index < -0.39 is 36.9 Å². The molecular formula is C19H21NO6. The van der Waals surface area contributed by atoms with E-state index in [4.69, 9.17) is 14.2 Å². The minimum Gasteiger partial charge on any atom is -0.506 e. The second-order valence-electron chi connectivity index (χ2n) is 6.41. The van der Waals surface area contributed by atoms with Crippen molar-refractivity contribution in [2.45, 2.75) is 36.9 Å². The number of aromatic hydroxyl groups is 1. The molecule has 2 aliphatic rings. The molecular weight excluding hydrogens is 338 g/mol. The average molecular weight is 359 g/mol. The van der Waals surface area contributed by atoms with E-state index in [9.17, 15) is 15.3 Å². The standard InChI is InChI=1S/C19H21NO6/c21-13-9-5-4-8-12(13)20-18-16(23)15(22)17-14(25-18)10-24-19(26-17)11-6-2-1-3-7-11/h1-9,14-23H,10H2/t14-,15-,16-,17-,18-,19?/m1/s1. The van der Waals surface area contributed by atoms with Crippen molar-refractivity contribution in [3.05, 3.63) is 60.2 Å². The summed E-state index contributed by atoms with van der Waals surface area (Å²) in [6, 6.07) is 16.0. The number of hydrogen-bond donors (Lipinski definition) is 4. The van der Waals surface area contributed by atoms with Crippen molar-refractivity contribution < 1.29 is 29.5 Å². The third-order valence-corrected chi connectivity index (χ3v) is 4.65. The zero-order valence-corrected chi connectivity index (χ0v) is 13.9. The molecule has 2 heterocycles. The third-order valence-electron chi connectivity index (χ3n) is 4.65. The average Bonchev–Trinajstić information content (AvgIpc) is 2.68. The van der Waals surface area contributed by atoms with Gasteiger partial charge in [0, 0.05) is 5.56 Å². The number of aliphatic hydroxyl groups is 2. The second-order valence-corrected chi connectivity index (χ2v) is 6.41. The van der Waals surface area contributed by atoms with Crippen LogP contribution in [0.5, 0.6) is 5.75 Å². The van der Waals surface area contributed by atoms with Crippen LogP contribution in [0.15, 0.2) is 54.6 Å². The molecule has 2 aromatic carbocycles. The Morgan fingerprint density at radius 1 is 0.885 bits per heavy atom. The van der Waals surface area contributed by atoms with Crippen LogP contribution in [0.3, 0.4) is 0 Å².